The van der Waals surface area contributed by atoms with E-state index >= 15 is 0 Å². The highest BCUT2D eigenvalue weighted by atomic mass is 16.5. The quantitative estimate of drug-likeness (QED) is 0.570. The molecular weight excluding hydrogens is 340 g/mol. The molecular formula is C21H32N4O2. The fourth-order valence-electron chi connectivity index (χ4n) is 2.90. The van der Waals surface area contributed by atoms with Crippen LogP contribution in [0, 0.1) is 6.92 Å². The zero-order valence-electron chi connectivity index (χ0n) is 16.9. The van der Waals surface area contributed by atoms with E-state index in [0.717, 1.165) is 37.0 Å². The van der Waals surface area contributed by atoms with Gasteiger partial charge in [-0.2, -0.15) is 4.98 Å². The minimum atomic E-state index is 0.247. The van der Waals surface area contributed by atoms with Crippen LogP contribution in [0.2, 0.25) is 0 Å². The topological polar surface area (TPSA) is 82.3 Å². The van der Waals surface area contributed by atoms with Gasteiger partial charge in [0.15, 0.2) is 11.6 Å². The molecule has 6 nitrogen and oxygen atoms in total. The third kappa shape index (κ3) is 6.62. The molecule has 0 saturated carbocycles. The van der Waals surface area contributed by atoms with Crippen LogP contribution in [0.3, 0.4) is 0 Å². The molecule has 0 bridgehead atoms. The molecule has 0 saturated heterocycles. The minimum absolute atomic E-state index is 0.247. The van der Waals surface area contributed by atoms with Gasteiger partial charge in [0, 0.05) is 6.04 Å². The highest BCUT2D eigenvalue weighted by molar-refractivity contribution is 5.51. The molecule has 2 rings (SSSR count). The van der Waals surface area contributed by atoms with Gasteiger partial charge >= 0.3 is 0 Å². The molecule has 0 fully saturated rings. The summed E-state index contributed by atoms with van der Waals surface area (Å²) in [4.78, 5) is 8.34. The normalized spacial score (nSPS) is 11.9. The number of hydrogen-bond acceptors (Lipinski definition) is 6. The summed E-state index contributed by atoms with van der Waals surface area (Å²) in [5.41, 5.74) is 8.14. The largest absolute Gasteiger partial charge is 0.494 e. The van der Waals surface area contributed by atoms with Crippen LogP contribution in [0.1, 0.15) is 51.2 Å². The summed E-state index contributed by atoms with van der Waals surface area (Å²) in [6.45, 7) is 9.61. The van der Waals surface area contributed by atoms with Crippen LogP contribution in [0.4, 0.5) is 11.8 Å². The third-order valence-electron chi connectivity index (χ3n) is 4.30. The molecule has 1 aromatic heterocycles. The molecule has 1 aromatic carbocycles. The first-order chi connectivity index (χ1) is 13.0. The Labute approximate surface area is 162 Å². The summed E-state index contributed by atoms with van der Waals surface area (Å²) < 4.78 is 11.6. The van der Waals surface area contributed by atoms with Gasteiger partial charge in [0.25, 0.3) is 0 Å². The number of nitrogens with one attached hydrogen (secondary N) is 1. The van der Waals surface area contributed by atoms with E-state index in [-0.39, 0.29) is 5.95 Å². The van der Waals surface area contributed by atoms with Crippen LogP contribution < -0.4 is 20.5 Å². The molecule has 0 aliphatic heterocycles. The van der Waals surface area contributed by atoms with Crippen LogP contribution >= 0.6 is 0 Å². The van der Waals surface area contributed by atoms with Crippen molar-refractivity contribution in [2.45, 2.75) is 59.4 Å². The predicted molar refractivity (Wildman–Crippen MR) is 111 cm³/mol. The summed E-state index contributed by atoms with van der Waals surface area (Å²) in [7, 11) is 0. The number of benzene rings is 1. The lowest BCUT2D eigenvalue weighted by Gasteiger charge is -2.17. The Morgan fingerprint density at radius 3 is 2.74 bits per heavy atom. The molecule has 148 valence electrons. The average Bonchev–Trinajstić information content (AvgIpc) is 2.63. The van der Waals surface area contributed by atoms with Gasteiger partial charge in [0.05, 0.1) is 19.4 Å². The second-order valence-corrected chi connectivity index (χ2v) is 6.76. The monoisotopic (exact) mass is 372 g/mol. The smallest absolute Gasteiger partial charge is 0.222 e. The van der Waals surface area contributed by atoms with Gasteiger partial charge in [-0.3, -0.25) is 0 Å². The fourth-order valence-corrected chi connectivity index (χ4v) is 2.90. The number of nitrogen functional groups attached to an aromatic ring is 1. The molecule has 0 radical (unpaired) electrons. The maximum atomic E-state index is 5.92. The lowest BCUT2D eigenvalue weighted by atomic mass is 10.1. The van der Waals surface area contributed by atoms with Gasteiger partial charge < -0.3 is 20.5 Å². The summed E-state index contributed by atoms with van der Waals surface area (Å²) in [6, 6.07) is 6.66. The molecule has 0 aliphatic carbocycles. The van der Waals surface area contributed by atoms with E-state index < -0.39 is 0 Å². The number of nitrogens with zero attached hydrogens (tertiary/aromatic N) is 2. The lowest BCUT2D eigenvalue weighted by Crippen LogP contribution is -2.17. The van der Waals surface area contributed by atoms with Crippen molar-refractivity contribution in [1.29, 1.82) is 0 Å². The average molecular weight is 373 g/mol. The molecule has 1 heterocycles. The number of rotatable bonds is 11. The van der Waals surface area contributed by atoms with Crippen molar-refractivity contribution in [3.63, 3.8) is 0 Å². The first-order valence-corrected chi connectivity index (χ1v) is 9.77. The maximum Gasteiger partial charge on any atom is 0.222 e. The van der Waals surface area contributed by atoms with Gasteiger partial charge in [0.1, 0.15) is 5.75 Å². The van der Waals surface area contributed by atoms with Gasteiger partial charge in [-0.05, 0) is 57.2 Å². The molecule has 1 atom stereocenters. The van der Waals surface area contributed by atoms with Crippen LogP contribution in [-0.4, -0.2) is 29.2 Å². The zero-order valence-corrected chi connectivity index (χ0v) is 16.9. The SMILES string of the molecule is CCCC(C)Nc1nc(N)ncc1OCCCc1ccc(C)c(OCC)c1. The first kappa shape index (κ1) is 20.8. The Balaban J connectivity index is 1.90. The van der Waals surface area contributed by atoms with Gasteiger partial charge in [-0.25, -0.2) is 4.98 Å². The van der Waals surface area contributed by atoms with Gasteiger partial charge in [0.2, 0.25) is 5.95 Å². The Bertz CT molecular complexity index is 721. The Morgan fingerprint density at radius 1 is 1.19 bits per heavy atom. The summed E-state index contributed by atoms with van der Waals surface area (Å²) in [6.07, 6.45) is 5.61. The van der Waals surface area contributed by atoms with E-state index in [1.165, 1.54) is 5.56 Å². The number of aryl methyl sites for hydroxylation is 2. The standard InChI is InChI=1S/C21H32N4O2/c1-5-8-16(4)24-20-19(14-23-21(22)25-20)27-12-7-9-17-11-10-15(3)18(13-17)26-6-2/h10-11,13-14,16H,5-9,12H2,1-4H3,(H3,22,23,24,25). The number of ether oxygens (including phenoxy) is 2. The molecule has 2 aromatic rings. The molecule has 0 spiro atoms. The summed E-state index contributed by atoms with van der Waals surface area (Å²) in [5.74, 6) is 2.51. The second-order valence-electron chi connectivity index (χ2n) is 6.76. The summed E-state index contributed by atoms with van der Waals surface area (Å²) in [5, 5.41) is 3.37. The molecule has 6 heteroatoms. The van der Waals surface area contributed by atoms with Crippen LogP contribution in [0.5, 0.6) is 11.5 Å². The van der Waals surface area contributed by atoms with Crippen molar-refractivity contribution in [3.05, 3.63) is 35.5 Å². The Kier molecular flexibility index (Phi) is 8.17. The van der Waals surface area contributed by atoms with Crippen molar-refractivity contribution in [2.24, 2.45) is 0 Å². The van der Waals surface area contributed by atoms with Crippen molar-refractivity contribution in [3.8, 4) is 11.5 Å². The molecule has 1 unspecified atom stereocenters. The molecule has 27 heavy (non-hydrogen) atoms. The number of hydrogen-bond donors (Lipinski definition) is 2. The highest BCUT2D eigenvalue weighted by Crippen LogP contribution is 2.24. The van der Waals surface area contributed by atoms with Crippen molar-refractivity contribution in [1.82, 2.24) is 9.97 Å². The lowest BCUT2D eigenvalue weighted by molar-refractivity contribution is 0.309. The zero-order chi connectivity index (χ0) is 19.6. The molecule has 0 amide bonds. The van der Waals surface area contributed by atoms with Crippen molar-refractivity contribution >= 4 is 11.8 Å². The van der Waals surface area contributed by atoms with Crippen molar-refractivity contribution < 1.29 is 9.47 Å². The van der Waals surface area contributed by atoms with Crippen LogP contribution in [0.15, 0.2) is 24.4 Å². The fraction of sp³-hybridized carbons (Fsp3) is 0.524. The summed E-state index contributed by atoms with van der Waals surface area (Å²) >= 11 is 0. The van der Waals surface area contributed by atoms with Crippen LogP contribution in [0.25, 0.3) is 0 Å². The molecule has 0 aliphatic rings. The second kappa shape index (κ2) is 10.6. The number of nitrogens with two attached hydrogens (primary N) is 1. The Hall–Kier alpha value is -2.50. The minimum Gasteiger partial charge on any atom is -0.494 e. The first-order valence-electron chi connectivity index (χ1n) is 9.77. The Morgan fingerprint density at radius 2 is 2.00 bits per heavy atom. The highest BCUT2D eigenvalue weighted by Gasteiger charge is 2.10. The van der Waals surface area contributed by atoms with E-state index in [1.807, 2.05) is 6.92 Å². The van der Waals surface area contributed by atoms with Gasteiger partial charge in [-0.15, -0.1) is 0 Å². The van der Waals surface area contributed by atoms with E-state index in [9.17, 15) is 0 Å². The molecule has 3 N–H and O–H groups in total. The van der Waals surface area contributed by atoms with Gasteiger partial charge in [-0.1, -0.05) is 25.5 Å². The van der Waals surface area contributed by atoms with E-state index in [1.54, 1.807) is 6.20 Å². The van der Waals surface area contributed by atoms with E-state index in [0.29, 0.717) is 30.8 Å². The van der Waals surface area contributed by atoms with E-state index in [2.05, 4.69) is 54.3 Å². The maximum absolute atomic E-state index is 5.92. The van der Waals surface area contributed by atoms with Crippen LogP contribution in [-0.2, 0) is 6.42 Å². The van der Waals surface area contributed by atoms with Crippen molar-refractivity contribution in [2.75, 3.05) is 24.3 Å². The third-order valence-corrected chi connectivity index (χ3v) is 4.30. The number of anilines is 2. The van der Waals surface area contributed by atoms with E-state index in [4.69, 9.17) is 15.2 Å². The predicted octanol–water partition coefficient (Wildman–Crippen LogP) is 4.38. The number of aromatic nitrogens is 2.